The summed E-state index contributed by atoms with van der Waals surface area (Å²) < 4.78 is 6.25. The second-order valence-electron chi connectivity index (χ2n) is 4.89. The van der Waals surface area contributed by atoms with Crippen molar-refractivity contribution in [1.29, 1.82) is 0 Å². The first-order valence-electron chi connectivity index (χ1n) is 6.86. The van der Waals surface area contributed by atoms with Gasteiger partial charge in [-0.1, -0.05) is 12.1 Å². The molecule has 0 saturated heterocycles. The molecule has 0 unspecified atom stereocenters. The van der Waals surface area contributed by atoms with Crippen molar-refractivity contribution >= 4 is 33.4 Å². The van der Waals surface area contributed by atoms with Crippen LogP contribution >= 0.6 is 11.3 Å². The second-order valence-corrected chi connectivity index (χ2v) is 5.97. The number of hydrogen-bond acceptors (Lipinski definition) is 5. The van der Waals surface area contributed by atoms with E-state index >= 15 is 0 Å². The average molecular weight is 322 g/mol. The molecule has 1 aliphatic heterocycles. The van der Waals surface area contributed by atoms with Crippen LogP contribution < -0.4 is 5.36 Å². The van der Waals surface area contributed by atoms with Crippen LogP contribution in [0.3, 0.4) is 0 Å². The Balaban J connectivity index is 1.84. The molecule has 1 aromatic carbocycles. The van der Waals surface area contributed by atoms with Gasteiger partial charge in [0.2, 0.25) is 11.6 Å². The van der Waals surface area contributed by atoms with Crippen molar-refractivity contribution in [2.45, 2.75) is 0 Å². The van der Waals surface area contributed by atoms with Crippen LogP contribution in [0.15, 0.2) is 64.0 Å². The van der Waals surface area contributed by atoms with E-state index in [1.165, 1.54) is 12.1 Å². The van der Waals surface area contributed by atoms with E-state index in [1.54, 1.807) is 11.3 Å². The Morgan fingerprint density at radius 3 is 2.83 bits per heavy atom. The molecule has 0 radical (unpaired) electrons. The zero-order chi connectivity index (χ0) is 15.8. The van der Waals surface area contributed by atoms with Crippen LogP contribution in [-0.4, -0.2) is 16.1 Å². The van der Waals surface area contributed by atoms with Crippen molar-refractivity contribution in [3.63, 3.8) is 0 Å². The Morgan fingerprint density at radius 1 is 1.13 bits per heavy atom. The van der Waals surface area contributed by atoms with Gasteiger partial charge in [-0.2, -0.15) is 0 Å². The van der Waals surface area contributed by atoms with Crippen molar-refractivity contribution in [3.8, 4) is 10.6 Å². The standard InChI is InChI=1S/C17H10N2O3S/c20-17(21)13-7-8-16(22-13)18-10-5-6-12-15(9-10)23-14-4-2-1-3-11(14)19-12/h1-9H,(H,20,21). The molecule has 0 atom stereocenters. The van der Waals surface area contributed by atoms with Gasteiger partial charge in [0.15, 0.2) is 0 Å². The molecule has 1 aliphatic carbocycles. The van der Waals surface area contributed by atoms with Crippen LogP contribution in [0, 0.1) is 0 Å². The summed E-state index contributed by atoms with van der Waals surface area (Å²) in [5, 5.41) is 9.56. The summed E-state index contributed by atoms with van der Waals surface area (Å²) in [5.41, 5.74) is 1.87. The SMILES string of the molecule is O=C(O)c1ccc(N=c2ccc3nc4ccccc4sc-3c2)o1. The Bertz CT molecular complexity index is 1060. The molecule has 2 aromatic rings. The van der Waals surface area contributed by atoms with E-state index in [0.717, 1.165) is 20.8 Å². The number of carboxylic acids is 1. The highest BCUT2D eigenvalue weighted by Crippen LogP contribution is 2.29. The van der Waals surface area contributed by atoms with Gasteiger partial charge < -0.3 is 9.52 Å². The number of benzene rings is 2. The molecule has 23 heavy (non-hydrogen) atoms. The third kappa shape index (κ3) is 2.60. The highest BCUT2D eigenvalue weighted by Gasteiger charge is 2.09. The number of nitrogens with zero attached hydrogens (tertiary/aromatic N) is 2. The fourth-order valence-corrected chi connectivity index (χ4v) is 3.26. The first-order chi connectivity index (χ1) is 11.2. The maximum atomic E-state index is 10.8. The summed E-state index contributed by atoms with van der Waals surface area (Å²) in [6, 6.07) is 16.5. The molecule has 0 spiro atoms. The lowest BCUT2D eigenvalue weighted by molar-refractivity contribution is 0.0663. The number of hydrogen-bond donors (Lipinski definition) is 1. The first kappa shape index (κ1) is 13.7. The van der Waals surface area contributed by atoms with Gasteiger partial charge in [0.1, 0.15) is 0 Å². The van der Waals surface area contributed by atoms with Crippen LogP contribution in [0.2, 0.25) is 0 Å². The van der Waals surface area contributed by atoms with E-state index in [-0.39, 0.29) is 11.6 Å². The minimum atomic E-state index is -1.11. The number of carbonyl (C=O) groups is 1. The average Bonchev–Trinajstić information content (AvgIpc) is 3.01. The number of aromatic carboxylic acids is 1. The number of rotatable bonds is 2. The Kier molecular flexibility index (Phi) is 3.17. The highest BCUT2D eigenvalue weighted by atomic mass is 32.1. The fourth-order valence-electron chi connectivity index (χ4n) is 2.26. The lowest BCUT2D eigenvalue weighted by Gasteiger charge is -2.05. The van der Waals surface area contributed by atoms with Gasteiger partial charge in [-0.25, -0.2) is 14.8 Å². The van der Waals surface area contributed by atoms with Gasteiger partial charge in [-0.3, -0.25) is 0 Å². The van der Waals surface area contributed by atoms with Gasteiger partial charge in [0, 0.05) is 6.07 Å². The molecule has 0 bridgehead atoms. The molecular formula is C17H10N2O3S. The molecule has 2 aliphatic rings. The Labute approximate surface area is 134 Å². The smallest absolute Gasteiger partial charge is 0.371 e. The molecule has 112 valence electrons. The molecule has 5 nitrogen and oxygen atoms in total. The zero-order valence-corrected chi connectivity index (χ0v) is 12.6. The second kappa shape index (κ2) is 5.33. The third-order valence-corrected chi connectivity index (χ3v) is 4.42. The van der Waals surface area contributed by atoms with Crippen LogP contribution in [0.4, 0.5) is 5.88 Å². The van der Waals surface area contributed by atoms with E-state index in [0.29, 0.717) is 5.36 Å². The molecule has 6 heteroatoms. The molecule has 1 N–H and O–H groups in total. The van der Waals surface area contributed by atoms with Crippen LogP contribution in [0.5, 0.6) is 0 Å². The molecular weight excluding hydrogens is 312 g/mol. The topological polar surface area (TPSA) is 75.7 Å². The van der Waals surface area contributed by atoms with Crippen LogP contribution in [0.1, 0.15) is 10.6 Å². The van der Waals surface area contributed by atoms with E-state index < -0.39 is 5.97 Å². The molecule has 4 rings (SSSR count). The molecule has 2 heterocycles. The lowest BCUT2D eigenvalue weighted by atomic mass is 10.2. The molecule has 1 aromatic heterocycles. The summed E-state index contributed by atoms with van der Waals surface area (Å²) in [6.07, 6.45) is 0. The van der Waals surface area contributed by atoms with Crippen molar-refractivity contribution in [2.75, 3.05) is 0 Å². The van der Waals surface area contributed by atoms with E-state index in [1.807, 2.05) is 42.5 Å². The summed E-state index contributed by atoms with van der Waals surface area (Å²) in [5.74, 6) is -0.969. The summed E-state index contributed by atoms with van der Waals surface area (Å²) in [7, 11) is 0. The predicted octanol–water partition coefficient (Wildman–Crippen LogP) is 3.92. The molecule has 0 amide bonds. The van der Waals surface area contributed by atoms with E-state index in [9.17, 15) is 4.79 Å². The highest BCUT2D eigenvalue weighted by molar-refractivity contribution is 7.21. The maximum Gasteiger partial charge on any atom is 0.371 e. The number of fused-ring (bicyclic) bond motifs is 2. The van der Waals surface area contributed by atoms with Crippen LogP contribution in [0.25, 0.3) is 20.8 Å². The Morgan fingerprint density at radius 2 is 2.00 bits per heavy atom. The molecule has 0 fully saturated rings. The zero-order valence-electron chi connectivity index (χ0n) is 11.8. The number of aromatic nitrogens is 1. The largest absolute Gasteiger partial charge is 0.475 e. The van der Waals surface area contributed by atoms with Crippen molar-refractivity contribution < 1.29 is 14.3 Å². The number of carboxylic acid groups (broad SMARTS) is 1. The minimum absolute atomic E-state index is 0.125. The van der Waals surface area contributed by atoms with Gasteiger partial charge >= 0.3 is 5.97 Å². The van der Waals surface area contributed by atoms with Gasteiger partial charge in [-0.05, 0) is 36.4 Å². The quantitative estimate of drug-likeness (QED) is 0.567. The van der Waals surface area contributed by atoms with Gasteiger partial charge in [0.05, 0.1) is 26.1 Å². The van der Waals surface area contributed by atoms with Crippen LogP contribution in [-0.2, 0) is 0 Å². The van der Waals surface area contributed by atoms with Gasteiger partial charge in [0.25, 0.3) is 0 Å². The minimum Gasteiger partial charge on any atom is -0.475 e. The molecule has 0 saturated carbocycles. The summed E-state index contributed by atoms with van der Waals surface area (Å²) in [4.78, 5) is 20.8. The first-order valence-corrected chi connectivity index (χ1v) is 7.68. The maximum absolute atomic E-state index is 10.8. The number of para-hydroxylation sites is 1. The fraction of sp³-hybridized carbons (Fsp3) is 0. The van der Waals surface area contributed by atoms with Gasteiger partial charge in [-0.15, -0.1) is 11.3 Å². The lowest BCUT2D eigenvalue weighted by Crippen LogP contribution is -2.00. The monoisotopic (exact) mass is 322 g/mol. The predicted molar refractivity (Wildman–Crippen MR) is 87.1 cm³/mol. The van der Waals surface area contributed by atoms with E-state index in [4.69, 9.17) is 9.52 Å². The van der Waals surface area contributed by atoms with Crippen molar-refractivity contribution in [3.05, 3.63) is 65.7 Å². The number of furan rings is 1. The van der Waals surface area contributed by atoms with E-state index in [2.05, 4.69) is 9.98 Å². The third-order valence-electron chi connectivity index (χ3n) is 3.31. The summed E-state index contributed by atoms with van der Waals surface area (Å²) >= 11 is 1.64. The van der Waals surface area contributed by atoms with Crippen molar-refractivity contribution in [1.82, 2.24) is 4.98 Å². The normalized spacial score (nSPS) is 12.1. The van der Waals surface area contributed by atoms with Crippen molar-refractivity contribution in [2.24, 2.45) is 4.99 Å². The Hall–Kier alpha value is -2.99. The summed E-state index contributed by atoms with van der Waals surface area (Å²) in [6.45, 7) is 0.